The summed E-state index contributed by atoms with van der Waals surface area (Å²) in [5, 5.41) is 11.9. The first kappa shape index (κ1) is 10.2. The highest BCUT2D eigenvalue weighted by atomic mass is 15.0. The van der Waals surface area contributed by atoms with Crippen molar-refractivity contribution in [3.05, 3.63) is 30.7 Å². The van der Waals surface area contributed by atoms with Gasteiger partial charge in [0.2, 0.25) is 0 Å². The van der Waals surface area contributed by atoms with Gasteiger partial charge >= 0.3 is 0 Å². The van der Waals surface area contributed by atoms with Crippen LogP contribution in [-0.2, 0) is 0 Å². The van der Waals surface area contributed by atoms with Crippen LogP contribution in [0.15, 0.2) is 25.2 Å². The van der Waals surface area contributed by atoms with E-state index in [1.165, 1.54) is 12.5 Å². The SMILES string of the molecule is C=CCC(C)Nc1ncncc1C#N. The monoisotopic (exact) mass is 188 g/mol. The van der Waals surface area contributed by atoms with Crippen molar-refractivity contribution in [2.45, 2.75) is 19.4 Å². The third-order valence-electron chi connectivity index (χ3n) is 1.74. The Hall–Kier alpha value is -1.89. The molecule has 1 unspecified atom stereocenters. The Kier molecular flexibility index (Phi) is 3.62. The van der Waals surface area contributed by atoms with Crippen LogP contribution in [0.5, 0.6) is 0 Å². The van der Waals surface area contributed by atoms with Gasteiger partial charge in [0.1, 0.15) is 23.8 Å². The lowest BCUT2D eigenvalue weighted by molar-refractivity contribution is 0.805. The van der Waals surface area contributed by atoms with Crippen LogP contribution in [0.2, 0.25) is 0 Å². The van der Waals surface area contributed by atoms with Crippen LogP contribution in [0.1, 0.15) is 18.9 Å². The van der Waals surface area contributed by atoms with Crippen molar-refractivity contribution >= 4 is 5.82 Å². The highest BCUT2D eigenvalue weighted by Crippen LogP contribution is 2.10. The van der Waals surface area contributed by atoms with Gasteiger partial charge in [-0.15, -0.1) is 6.58 Å². The first-order valence-corrected chi connectivity index (χ1v) is 4.35. The van der Waals surface area contributed by atoms with E-state index in [1.54, 1.807) is 0 Å². The van der Waals surface area contributed by atoms with Crippen LogP contribution >= 0.6 is 0 Å². The molecule has 0 radical (unpaired) electrons. The molecular weight excluding hydrogens is 176 g/mol. The van der Waals surface area contributed by atoms with E-state index in [1.807, 2.05) is 19.1 Å². The van der Waals surface area contributed by atoms with Gasteiger partial charge in [-0.2, -0.15) is 5.26 Å². The molecule has 4 nitrogen and oxygen atoms in total. The molecule has 0 fully saturated rings. The molecule has 0 spiro atoms. The average Bonchev–Trinajstić information content (AvgIpc) is 2.19. The Balaban J connectivity index is 2.76. The van der Waals surface area contributed by atoms with Crippen molar-refractivity contribution in [1.29, 1.82) is 5.26 Å². The first-order valence-electron chi connectivity index (χ1n) is 4.35. The Morgan fingerprint density at radius 3 is 3.21 bits per heavy atom. The largest absolute Gasteiger partial charge is 0.366 e. The van der Waals surface area contributed by atoms with Crippen LogP contribution in [-0.4, -0.2) is 16.0 Å². The Morgan fingerprint density at radius 1 is 1.79 bits per heavy atom. The molecule has 1 N–H and O–H groups in total. The quantitative estimate of drug-likeness (QED) is 0.731. The van der Waals surface area contributed by atoms with Crippen LogP contribution in [0.3, 0.4) is 0 Å². The zero-order chi connectivity index (χ0) is 10.4. The summed E-state index contributed by atoms with van der Waals surface area (Å²) in [6, 6.07) is 2.25. The second-order valence-electron chi connectivity index (χ2n) is 2.97. The standard InChI is InChI=1S/C10H12N4/c1-3-4-8(2)14-10-9(5-11)6-12-7-13-10/h3,6-8H,1,4H2,2H3,(H,12,13,14). The molecule has 1 aromatic heterocycles. The summed E-state index contributed by atoms with van der Waals surface area (Å²) < 4.78 is 0. The fourth-order valence-corrected chi connectivity index (χ4v) is 1.07. The molecule has 0 saturated carbocycles. The smallest absolute Gasteiger partial charge is 0.147 e. The molecule has 0 aromatic carbocycles. The van der Waals surface area contributed by atoms with Gasteiger partial charge in [0.05, 0.1) is 6.20 Å². The molecular formula is C10H12N4. The summed E-state index contributed by atoms with van der Waals surface area (Å²) in [6.45, 7) is 5.65. The second-order valence-corrected chi connectivity index (χ2v) is 2.97. The lowest BCUT2D eigenvalue weighted by Crippen LogP contribution is -2.15. The molecule has 1 atom stereocenters. The van der Waals surface area contributed by atoms with E-state index in [4.69, 9.17) is 5.26 Å². The van der Waals surface area contributed by atoms with Gasteiger partial charge < -0.3 is 5.32 Å². The molecule has 0 aliphatic carbocycles. The highest BCUT2D eigenvalue weighted by molar-refractivity contribution is 5.50. The van der Waals surface area contributed by atoms with Crippen molar-refractivity contribution < 1.29 is 0 Å². The van der Waals surface area contributed by atoms with Crippen LogP contribution < -0.4 is 5.32 Å². The van der Waals surface area contributed by atoms with Gasteiger partial charge in [-0.25, -0.2) is 9.97 Å². The number of rotatable bonds is 4. The lowest BCUT2D eigenvalue weighted by atomic mass is 10.2. The predicted octanol–water partition coefficient (Wildman–Crippen LogP) is 1.72. The zero-order valence-corrected chi connectivity index (χ0v) is 8.07. The van der Waals surface area contributed by atoms with Gasteiger partial charge in [0.25, 0.3) is 0 Å². The van der Waals surface area contributed by atoms with Gasteiger partial charge in [0, 0.05) is 6.04 Å². The maximum atomic E-state index is 8.77. The fraction of sp³-hybridized carbons (Fsp3) is 0.300. The van der Waals surface area contributed by atoms with Crippen molar-refractivity contribution in [2.24, 2.45) is 0 Å². The average molecular weight is 188 g/mol. The molecule has 14 heavy (non-hydrogen) atoms. The topological polar surface area (TPSA) is 61.6 Å². The number of nitrogens with zero attached hydrogens (tertiary/aromatic N) is 3. The number of aromatic nitrogens is 2. The Labute approximate surface area is 83.3 Å². The van der Waals surface area contributed by atoms with Gasteiger partial charge in [-0.1, -0.05) is 6.08 Å². The van der Waals surface area contributed by atoms with E-state index in [0.717, 1.165) is 6.42 Å². The third kappa shape index (κ3) is 2.56. The molecule has 4 heteroatoms. The minimum absolute atomic E-state index is 0.217. The van der Waals surface area contributed by atoms with E-state index >= 15 is 0 Å². The van der Waals surface area contributed by atoms with E-state index in [0.29, 0.717) is 11.4 Å². The van der Waals surface area contributed by atoms with E-state index in [9.17, 15) is 0 Å². The van der Waals surface area contributed by atoms with Crippen molar-refractivity contribution in [3.63, 3.8) is 0 Å². The molecule has 0 aliphatic heterocycles. The van der Waals surface area contributed by atoms with E-state index in [-0.39, 0.29) is 6.04 Å². The van der Waals surface area contributed by atoms with Crippen LogP contribution in [0.25, 0.3) is 0 Å². The van der Waals surface area contributed by atoms with Gasteiger partial charge in [-0.05, 0) is 13.3 Å². The number of anilines is 1. The summed E-state index contributed by atoms with van der Waals surface area (Å²) in [5.41, 5.74) is 0.461. The minimum atomic E-state index is 0.217. The molecule has 72 valence electrons. The first-order chi connectivity index (χ1) is 6.77. The van der Waals surface area contributed by atoms with E-state index in [2.05, 4.69) is 21.9 Å². The van der Waals surface area contributed by atoms with Crippen LogP contribution in [0.4, 0.5) is 5.82 Å². The van der Waals surface area contributed by atoms with Gasteiger partial charge in [-0.3, -0.25) is 0 Å². The lowest BCUT2D eigenvalue weighted by Gasteiger charge is -2.12. The molecule has 0 aliphatic rings. The van der Waals surface area contributed by atoms with Gasteiger partial charge in [0.15, 0.2) is 0 Å². The highest BCUT2D eigenvalue weighted by Gasteiger charge is 2.05. The predicted molar refractivity (Wildman–Crippen MR) is 54.6 cm³/mol. The second kappa shape index (κ2) is 4.97. The third-order valence-corrected chi connectivity index (χ3v) is 1.74. The summed E-state index contributed by atoms with van der Waals surface area (Å²) in [4.78, 5) is 7.77. The molecule has 0 bridgehead atoms. The Bertz CT molecular complexity index is 353. The maximum absolute atomic E-state index is 8.77. The summed E-state index contributed by atoms with van der Waals surface area (Å²) in [6.07, 6.45) is 5.57. The van der Waals surface area contributed by atoms with Crippen molar-refractivity contribution in [3.8, 4) is 6.07 Å². The molecule has 1 aromatic rings. The van der Waals surface area contributed by atoms with Crippen molar-refractivity contribution in [1.82, 2.24) is 9.97 Å². The van der Waals surface area contributed by atoms with E-state index < -0.39 is 0 Å². The van der Waals surface area contributed by atoms with Crippen LogP contribution in [0, 0.1) is 11.3 Å². The number of nitriles is 1. The molecule has 0 saturated heterocycles. The molecule has 0 amide bonds. The molecule has 1 heterocycles. The summed E-state index contributed by atoms with van der Waals surface area (Å²) in [7, 11) is 0. The van der Waals surface area contributed by atoms with Crippen molar-refractivity contribution in [2.75, 3.05) is 5.32 Å². The molecule has 1 rings (SSSR count). The zero-order valence-electron chi connectivity index (χ0n) is 8.07. The number of hydrogen-bond acceptors (Lipinski definition) is 4. The minimum Gasteiger partial charge on any atom is -0.366 e. The normalized spacial score (nSPS) is 11.4. The number of nitrogens with one attached hydrogen (secondary N) is 1. The maximum Gasteiger partial charge on any atom is 0.147 e. The Morgan fingerprint density at radius 2 is 2.57 bits per heavy atom. The fourth-order valence-electron chi connectivity index (χ4n) is 1.07. The summed E-state index contributed by atoms with van der Waals surface area (Å²) in [5.74, 6) is 0.580. The summed E-state index contributed by atoms with van der Waals surface area (Å²) >= 11 is 0. The number of hydrogen-bond donors (Lipinski definition) is 1.